The van der Waals surface area contributed by atoms with Crippen LogP contribution in [0.5, 0.6) is 23.0 Å². The molecule has 0 aromatic heterocycles. The third-order valence-electron chi connectivity index (χ3n) is 17.9. The van der Waals surface area contributed by atoms with Crippen LogP contribution in [0.4, 0.5) is 0 Å². The summed E-state index contributed by atoms with van der Waals surface area (Å²) in [5, 5.41) is 45.5. The number of aromatic hydroxyl groups is 4. The van der Waals surface area contributed by atoms with E-state index in [2.05, 4.69) is 145 Å². The number of hydrogen-bond donors (Lipinski definition) is 4. The maximum absolute atomic E-state index is 11.4. The van der Waals surface area contributed by atoms with Gasteiger partial charge in [0, 0.05) is 10.8 Å². The maximum atomic E-state index is 11.4. The summed E-state index contributed by atoms with van der Waals surface area (Å²) in [6.45, 7) is 31.2. The number of aryl methyl sites for hydroxylation is 4. The van der Waals surface area contributed by atoms with E-state index in [9.17, 15) is 20.4 Å². The minimum atomic E-state index is -0.218. The van der Waals surface area contributed by atoms with Gasteiger partial charge in [0.05, 0.1) is 0 Å². The number of benzene rings is 4. The van der Waals surface area contributed by atoms with Crippen molar-refractivity contribution in [3.63, 3.8) is 0 Å². The molecule has 0 saturated heterocycles. The highest BCUT2D eigenvalue weighted by atomic mass is 16.3. The highest BCUT2D eigenvalue weighted by molar-refractivity contribution is 5.56. The van der Waals surface area contributed by atoms with Gasteiger partial charge < -0.3 is 20.4 Å². The van der Waals surface area contributed by atoms with Crippen molar-refractivity contribution >= 4 is 0 Å². The summed E-state index contributed by atoms with van der Waals surface area (Å²) in [4.78, 5) is 0. The second kappa shape index (κ2) is 18.9. The van der Waals surface area contributed by atoms with Crippen LogP contribution < -0.4 is 0 Å². The average molecular weight is 857 g/mol. The highest BCUT2D eigenvalue weighted by Crippen LogP contribution is 2.59. The van der Waals surface area contributed by atoms with Gasteiger partial charge in [-0.15, -0.1) is 0 Å². The molecule has 4 unspecified atom stereocenters. The molecule has 344 valence electrons. The Morgan fingerprint density at radius 3 is 0.825 bits per heavy atom. The van der Waals surface area contributed by atoms with Crippen molar-refractivity contribution in [3.8, 4) is 23.0 Å². The van der Waals surface area contributed by atoms with E-state index in [-0.39, 0.29) is 39.9 Å². The summed E-state index contributed by atoms with van der Waals surface area (Å²) in [5.41, 5.74) is 13.0. The Balaban J connectivity index is 1.38. The van der Waals surface area contributed by atoms with E-state index in [4.69, 9.17) is 0 Å². The van der Waals surface area contributed by atoms with Crippen LogP contribution in [0.2, 0.25) is 0 Å². The highest BCUT2D eigenvalue weighted by Gasteiger charge is 2.49. The van der Waals surface area contributed by atoms with Gasteiger partial charge in [-0.05, 0) is 212 Å². The smallest absolute Gasteiger partial charge is 0.121 e. The topological polar surface area (TPSA) is 80.9 Å². The zero-order valence-electron chi connectivity index (χ0n) is 41.9. The summed E-state index contributed by atoms with van der Waals surface area (Å²) in [6, 6.07) is 18.4. The van der Waals surface area contributed by atoms with Crippen molar-refractivity contribution in [2.45, 2.75) is 208 Å². The molecule has 6 rings (SSSR count). The van der Waals surface area contributed by atoms with Gasteiger partial charge in [0.1, 0.15) is 23.0 Å². The fraction of sp³-hybridized carbons (Fsp3) is 0.593. The molecule has 2 saturated carbocycles. The molecule has 63 heavy (non-hydrogen) atoms. The van der Waals surface area contributed by atoms with Crippen LogP contribution in [-0.4, -0.2) is 20.4 Å². The standard InChI is InChI=1S/C59H84O4/c1-15-35(5)49-31-45(27-39(9)53(49)60)58(46-28-40(10)54(61)50(32-46)36(6)16-2)23-19-43(20-24-58)57(13,14)44-21-25-59(26-22-44,47-29-41(11)55(62)51(33-47)37(7)17-3)48-30-42(12)56(63)52(34-48)38(8)18-4/h27-38,43-44,60-63H,15-26H2,1-14H3. The van der Waals surface area contributed by atoms with Gasteiger partial charge >= 0.3 is 0 Å². The predicted octanol–water partition coefficient (Wildman–Crippen LogP) is 16.5. The van der Waals surface area contributed by atoms with Crippen LogP contribution in [-0.2, 0) is 10.8 Å². The summed E-state index contributed by atoms with van der Waals surface area (Å²) in [6.07, 6.45) is 12.5. The molecule has 0 bridgehead atoms. The van der Waals surface area contributed by atoms with Gasteiger partial charge in [0.25, 0.3) is 0 Å². The first-order chi connectivity index (χ1) is 29.7. The zero-order chi connectivity index (χ0) is 46.3. The van der Waals surface area contributed by atoms with E-state index >= 15 is 0 Å². The van der Waals surface area contributed by atoms with E-state index < -0.39 is 0 Å². The molecule has 4 nitrogen and oxygen atoms in total. The van der Waals surface area contributed by atoms with Crippen LogP contribution in [0.1, 0.15) is 237 Å². The molecule has 0 amide bonds. The molecule has 4 N–H and O–H groups in total. The number of hydrogen-bond acceptors (Lipinski definition) is 4. The Hall–Kier alpha value is -3.92. The van der Waals surface area contributed by atoms with Crippen molar-refractivity contribution in [1.82, 2.24) is 0 Å². The average Bonchev–Trinajstić information content (AvgIpc) is 3.28. The van der Waals surface area contributed by atoms with Crippen LogP contribution >= 0.6 is 0 Å². The molecule has 0 heterocycles. The minimum Gasteiger partial charge on any atom is -0.507 e. The lowest BCUT2D eigenvalue weighted by Gasteiger charge is -2.52. The Labute approximate surface area is 383 Å². The number of phenolic OH excluding ortho intramolecular Hbond substituents is 4. The molecule has 4 heteroatoms. The van der Waals surface area contributed by atoms with Gasteiger partial charge in [0.15, 0.2) is 0 Å². The van der Waals surface area contributed by atoms with Crippen LogP contribution in [0.25, 0.3) is 0 Å². The van der Waals surface area contributed by atoms with Gasteiger partial charge in [-0.2, -0.15) is 0 Å². The van der Waals surface area contributed by atoms with Crippen LogP contribution in [0.15, 0.2) is 48.5 Å². The van der Waals surface area contributed by atoms with Gasteiger partial charge in [0.2, 0.25) is 0 Å². The largest absolute Gasteiger partial charge is 0.507 e. The molecular formula is C59H84O4. The van der Waals surface area contributed by atoms with Crippen molar-refractivity contribution in [2.24, 2.45) is 17.3 Å². The minimum absolute atomic E-state index is 0.122. The quantitative estimate of drug-likeness (QED) is 0.102. The van der Waals surface area contributed by atoms with Crippen LogP contribution in [0, 0.1) is 44.9 Å². The van der Waals surface area contributed by atoms with E-state index in [0.717, 1.165) is 122 Å². The first kappa shape index (κ1) is 48.5. The molecule has 2 aliphatic rings. The summed E-state index contributed by atoms with van der Waals surface area (Å²) in [5.74, 6) is 3.88. The Kier molecular flexibility index (Phi) is 14.6. The molecule has 4 atom stereocenters. The molecule has 0 radical (unpaired) electrons. The fourth-order valence-corrected chi connectivity index (χ4v) is 12.2. The molecule has 2 aliphatic carbocycles. The fourth-order valence-electron chi connectivity index (χ4n) is 12.2. The lowest BCUT2D eigenvalue weighted by Crippen LogP contribution is -2.43. The van der Waals surface area contributed by atoms with Gasteiger partial charge in [-0.25, -0.2) is 0 Å². The van der Waals surface area contributed by atoms with Crippen molar-refractivity contribution < 1.29 is 20.4 Å². The summed E-state index contributed by atoms with van der Waals surface area (Å²) < 4.78 is 0. The Morgan fingerprint density at radius 1 is 0.429 bits per heavy atom. The van der Waals surface area contributed by atoms with Crippen molar-refractivity contribution in [1.29, 1.82) is 0 Å². The summed E-state index contributed by atoms with van der Waals surface area (Å²) in [7, 11) is 0. The van der Waals surface area contributed by atoms with Gasteiger partial charge in [-0.1, -0.05) is 118 Å². The van der Waals surface area contributed by atoms with Gasteiger partial charge in [-0.3, -0.25) is 0 Å². The Morgan fingerprint density at radius 2 is 0.635 bits per heavy atom. The second-order valence-corrected chi connectivity index (χ2v) is 21.7. The SMILES string of the molecule is CCC(C)c1cc(C2(c3cc(C)c(O)c(C(C)CC)c3)CCC(C(C)(C)C3CCC(c4cc(C)c(O)c(C(C)CC)c4)(c4cc(C)c(O)c(C(C)CC)c4)CC3)CC2)cc(C)c1O. The van der Waals surface area contributed by atoms with Crippen molar-refractivity contribution in [2.75, 3.05) is 0 Å². The normalized spacial score (nSPS) is 23.9. The zero-order valence-corrected chi connectivity index (χ0v) is 41.9. The third-order valence-corrected chi connectivity index (χ3v) is 17.9. The van der Waals surface area contributed by atoms with Crippen molar-refractivity contribution in [3.05, 3.63) is 115 Å². The van der Waals surface area contributed by atoms with E-state index in [0.29, 0.717) is 34.8 Å². The lowest BCUT2D eigenvalue weighted by molar-refractivity contribution is 0.0364. The molecule has 0 spiro atoms. The molecule has 2 fully saturated rings. The second-order valence-electron chi connectivity index (χ2n) is 21.7. The lowest BCUT2D eigenvalue weighted by atomic mass is 9.52. The molecule has 4 aromatic carbocycles. The third kappa shape index (κ3) is 8.80. The number of rotatable bonds is 14. The van der Waals surface area contributed by atoms with E-state index in [1.807, 2.05) is 0 Å². The molecule has 0 aliphatic heterocycles. The maximum Gasteiger partial charge on any atom is 0.121 e. The summed E-state index contributed by atoms with van der Waals surface area (Å²) >= 11 is 0. The first-order valence-corrected chi connectivity index (χ1v) is 25.1. The monoisotopic (exact) mass is 857 g/mol. The predicted molar refractivity (Wildman–Crippen MR) is 265 cm³/mol. The van der Waals surface area contributed by atoms with Crippen LogP contribution in [0.3, 0.4) is 0 Å². The first-order valence-electron chi connectivity index (χ1n) is 25.1. The Bertz CT molecular complexity index is 1950. The number of phenols is 4. The molecular weight excluding hydrogens is 773 g/mol. The van der Waals surface area contributed by atoms with E-state index in [1.54, 1.807) is 0 Å². The molecule has 4 aromatic rings. The van der Waals surface area contributed by atoms with E-state index in [1.165, 1.54) is 22.3 Å².